The van der Waals surface area contributed by atoms with Crippen molar-refractivity contribution in [2.24, 2.45) is 0 Å². The van der Waals surface area contributed by atoms with Crippen LogP contribution in [0.5, 0.6) is 5.75 Å². The molecular weight excluding hydrogens is 272 g/mol. The minimum atomic E-state index is -0.778. The zero-order valence-corrected chi connectivity index (χ0v) is 12.1. The molecule has 1 aliphatic rings. The molecule has 1 atom stereocenters. The van der Waals surface area contributed by atoms with E-state index in [0.29, 0.717) is 11.4 Å². The van der Waals surface area contributed by atoms with Crippen LogP contribution in [0.4, 0.5) is 5.69 Å². The summed E-state index contributed by atoms with van der Waals surface area (Å²) in [5.74, 6) is -0.229. The molecule has 1 aromatic carbocycles. The van der Waals surface area contributed by atoms with Crippen LogP contribution < -0.4 is 10.5 Å². The van der Waals surface area contributed by atoms with E-state index in [9.17, 15) is 9.59 Å². The Morgan fingerprint density at radius 1 is 1.33 bits per heavy atom. The standard InChI is InChI=1S/C15H20N2O4/c1-11(15(19)17-7-2-3-8-17)21-14(18)10-20-13-6-4-5-12(16)9-13/h4-6,9,11H,2-3,7-8,10,16H2,1H3. The third kappa shape index (κ3) is 4.37. The summed E-state index contributed by atoms with van der Waals surface area (Å²) in [6.07, 6.45) is 1.23. The Morgan fingerprint density at radius 3 is 2.71 bits per heavy atom. The molecule has 1 unspecified atom stereocenters. The van der Waals surface area contributed by atoms with Crippen molar-refractivity contribution in [3.63, 3.8) is 0 Å². The molecule has 6 heteroatoms. The topological polar surface area (TPSA) is 81.9 Å². The molecular formula is C15H20N2O4. The number of hydrogen-bond donors (Lipinski definition) is 1. The molecule has 0 bridgehead atoms. The van der Waals surface area contributed by atoms with Gasteiger partial charge in [-0.25, -0.2) is 4.79 Å². The van der Waals surface area contributed by atoms with Gasteiger partial charge >= 0.3 is 5.97 Å². The average molecular weight is 292 g/mol. The summed E-state index contributed by atoms with van der Waals surface area (Å²) in [6.45, 7) is 2.81. The summed E-state index contributed by atoms with van der Waals surface area (Å²) in [6, 6.07) is 6.77. The van der Waals surface area contributed by atoms with Crippen molar-refractivity contribution in [2.75, 3.05) is 25.4 Å². The number of rotatable bonds is 5. The monoisotopic (exact) mass is 292 g/mol. The summed E-state index contributed by atoms with van der Waals surface area (Å²) in [4.78, 5) is 25.4. The van der Waals surface area contributed by atoms with Crippen molar-refractivity contribution in [1.82, 2.24) is 4.90 Å². The molecule has 0 spiro atoms. The minimum Gasteiger partial charge on any atom is -0.482 e. The average Bonchev–Trinajstić information content (AvgIpc) is 2.98. The van der Waals surface area contributed by atoms with Gasteiger partial charge in [0.05, 0.1) is 0 Å². The molecule has 0 aliphatic carbocycles. The van der Waals surface area contributed by atoms with Crippen LogP contribution in [0.25, 0.3) is 0 Å². The highest BCUT2D eigenvalue weighted by molar-refractivity contribution is 5.84. The number of nitrogens with two attached hydrogens (primary N) is 1. The second-order valence-electron chi connectivity index (χ2n) is 5.03. The smallest absolute Gasteiger partial charge is 0.344 e. The first-order valence-electron chi connectivity index (χ1n) is 7.03. The molecule has 1 heterocycles. The van der Waals surface area contributed by atoms with Crippen molar-refractivity contribution >= 4 is 17.6 Å². The van der Waals surface area contributed by atoms with Crippen molar-refractivity contribution in [1.29, 1.82) is 0 Å². The van der Waals surface area contributed by atoms with Crippen LogP contribution in [0.3, 0.4) is 0 Å². The number of ether oxygens (including phenoxy) is 2. The highest BCUT2D eigenvalue weighted by Crippen LogP contribution is 2.14. The number of benzene rings is 1. The molecule has 1 amide bonds. The molecule has 0 saturated carbocycles. The number of amides is 1. The van der Waals surface area contributed by atoms with Crippen LogP contribution in [0.1, 0.15) is 19.8 Å². The number of carbonyl (C=O) groups excluding carboxylic acids is 2. The van der Waals surface area contributed by atoms with Crippen molar-refractivity contribution in [3.05, 3.63) is 24.3 Å². The Hall–Kier alpha value is -2.24. The third-order valence-electron chi connectivity index (χ3n) is 3.29. The number of nitrogen functional groups attached to an aromatic ring is 1. The lowest BCUT2D eigenvalue weighted by Gasteiger charge is -2.20. The summed E-state index contributed by atoms with van der Waals surface area (Å²) in [5.41, 5.74) is 6.16. The predicted molar refractivity (Wildman–Crippen MR) is 77.7 cm³/mol. The number of likely N-dealkylation sites (tertiary alicyclic amines) is 1. The van der Waals surface area contributed by atoms with Gasteiger partial charge in [0.2, 0.25) is 0 Å². The van der Waals surface area contributed by atoms with Gasteiger partial charge in [-0.15, -0.1) is 0 Å². The number of nitrogens with zero attached hydrogens (tertiary/aromatic N) is 1. The zero-order chi connectivity index (χ0) is 15.2. The van der Waals surface area contributed by atoms with Gasteiger partial charge in [-0.05, 0) is 31.9 Å². The van der Waals surface area contributed by atoms with E-state index < -0.39 is 12.1 Å². The molecule has 6 nitrogen and oxygen atoms in total. The van der Waals surface area contributed by atoms with E-state index in [2.05, 4.69) is 0 Å². The van der Waals surface area contributed by atoms with Gasteiger partial charge in [-0.3, -0.25) is 4.79 Å². The summed E-state index contributed by atoms with van der Waals surface area (Å²) in [5, 5.41) is 0. The lowest BCUT2D eigenvalue weighted by molar-refractivity contribution is -0.160. The summed E-state index contributed by atoms with van der Waals surface area (Å²) < 4.78 is 10.4. The van der Waals surface area contributed by atoms with Gasteiger partial charge in [0, 0.05) is 24.8 Å². The normalized spacial score (nSPS) is 15.6. The van der Waals surface area contributed by atoms with E-state index in [0.717, 1.165) is 25.9 Å². The second kappa shape index (κ2) is 6.97. The third-order valence-corrected chi connectivity index (χ3v) is 3.29. The van der Waals surface area contributed by atoms with E-state index in [1.165, 1.54) is 0 Å². The fourth-order valence-electron chi connectivity index (χ4n) is 2.22. The van der Waals surface area contributed by atoms with Crippen molar-refractivity contribution < 1.29 is 19.1 Å². The Morgan fingerprint density at radius 2 is 2.05 bits per heavy atom. The Bertz CT molecular complexity index is 512. The first-order chi connectivity index (χ1) is 10.1. The Balaban J connectivity index is 1.77. The van der Waals surface area contributed by atoms with E-state index in [4.69, 9.17) is 15.2 Å². The second-order valence-corrected chi connectivity index (χ2v) is 5.03. The largest absolute Gasteiger partial charge is 0.482 e. The number of hydrogen-bond acceptors (Lipinski definition) is 5. The van der Waals surface area contributed by atoms with Gasteiger partial charge in [-0.1, -0.05) is 6.07 Å². The fraction of sp³-hybridized carbons (Fsp3) is 0.467. The molecule has 1 saturated heterocycles. The lowest BCUT2D eigenvalue weighted by Crippen LogP contribution is -2.38. The summed E-state index contributed by atoms with van der Waals surface area (Å²) in [7, 11) is 0. The van der Waals surface area contributed by atoms with Gasteiger partial charge in [0.15, 0.2) is 12.7 Å². The van der Waals surface area contributed by atoms with Gasteiger partial charge in [-0.2, -0.15) is 0 Å². The molecule has 1 aromatic rings. The first-order valence-corrected chi connectivity index (χ1v) is 7.03. The maximum atomic E-state index is 12.0. The van der Waals surface area contributed by atoms with Gasteiger partial charge in [0.1, 0.15) is 5.75 Å². The zero-order valence-electron chi connectivity index (χ0n) is 12.1. The van der Waals surface area contributed by atoms with Crippen LogP contribution in [-0.4, -0.2) is 42.6 Å². The molecule has 21 heavy (non-hydrogen) atoms. The highest BCUT2D eigenvalue weighted by Gasteiger charge is 2.25. The van der Waals surface area contributed by atoms with Crippen LogP contribution in [-0.2, 0) is 14.3 Å². The molecule has 2 N–H and O–H groups in total. The molecule has 0 aromatic heterocycles. The van der Waals surface area contributed by atoms with E-state index in [1.54, 1.807) is 36.1 Å². The number of anilines is 1. The molecule has 0 radical (unpaired) electrons. The maximum absolute atomic E-state index is 12.0. The van der Waals surface area contributed by atoms with Crippen LogP contribution >= 0.6 is 0 Å². The fourth-order valence-corrected chi connectivity index (χ4v) is 2.22. The molecule has 1 aliphatic heterocycles. The first kappa shape index (κ1) is 15.2. The molecule has 114 valence electrons. The number of esters is 1. The quantitative estimate of drug-likeness (QED) is 0.651. The maximum Gasteiger partial charge on any atom is 0.344 e. The van der Waals surface area contributed by atoms with Crippen LogP contribution in [0, 0.1) is 0 Å². The lowest BCUT2D eigenvalue weighted by atomic mass is 10.3. The van der Waals surface area contributed by atoms with Crippen molar-refractivity contribution in [3.8, 4) is 5.75 Å². The van der Waals surface area contributed by atoms with Gasteiger partial charge in [0.25, 0.3) is 5.91 Å². The van der Waals surface area contributed by atoms with Crippen molar-refractivity contribution in [2.45, 2.75) is 25.9 Å². The number of carbonyl (C=O) groups is 2. The predicted octanol–water partition coefficient (Wildman–Crippen LogP) is 1.20. The van der Waals surface area contributed by atoms with Gasteiger partial charge < -0.3 is 20.1 Å². The summed E-state index contributed by atoms with van der Waals surface area (Å²) >= 11 is 0. The minimum absolute atomic E-state index is 0.148. The van der Waals surface area contributed by atoms with E-state index in [1.807, 2.05) is 0 Å². The van der Waals surface area contributed by atoms with Crippen LogP contribution in [0.15, 0.2) is 24.3 Å². The SMILES string of the molecule is CC(OC(=O)COc1cccc(N)c1)C(=O)N1CCCC1. The Kier molecular flexibility index (Phi) is 5.03. The molecule has 2 rings (SSSR count). The highest BCUT2D eigenvalue weighted by atomic mass is 16.6. The Labute approximate surface area is 123 Å². The van der Waals surface area contributed by atoms with E-state index in [-0.39, 0.29) is 12.5 Å². The van der Waals surface area contributed by atoms with E-state index >= 15 is 0 Å². The van der Waals surface area contributed by atoms with Crippen LogP contribution in [0.2, 0.25) is 0 Å². The molecule has 1 fully saturated rings.